The van der Waals surface area contributed by atoms with E-state index in [9.17, 15) is 8.78 Å². The van der Waals surface area contributed by atoms with E-state index in [1.807, 2.05) is 6.07 Å². The van der Waals surface area contributed by atoms with Gasteiger partial charge in [-0.2, -0.15) is 0 Å². The van der Waals surface area contributed by atoms with E-state index in [0.29, 0.717) is 16.3 Å². The Morgan fingerprint density at radius 3 is 2.61 bits per heavy atom. The van der Waals surface area contributed by atoms with E-state index in [1.54, 1.807) is 12.1 Å². The van der Waals surface area contributed by atoms with Crippen LogP contribution in [0.15, 0.2) is 40.9 Å². The molecular formula is C13H9BrClF2N. The van der Waals surface area contributed by atoms with Gasteiger partial charge in [0.15, 0.2) is 0 Å². The number of rotatable bonds is 3. The van der Waals surface area contributed by atoms with Gasteiger partial charge in [-0.05, 0) is 24.3 Å². The predicted molar refractivity (Wildman–Crippen MR) is 72.8 cm³/mol. The van der Waals surface area contributed by atoms with E-state index in [1.165, 1.54) is 12.1 Å². The van der Waals surface area contributed by atoms with E-state index in [0.717, 1.165) is 10.5 Å². The Labute approximate surface area is 117 Å². The van der Waals surface area contributed by atoms with Crippen molar-refractivity contribution in [2.75, 3.05) is 5.32 Å². The molecule has 0 saturated heterocycles. The number of hydrogen-bond acceptors (Lipinski definition) is 1. The van der Waals surface area contributed by atoms with Crippen LogP contribution in [0.4, 0.5) is 14.5 Å². The van der Waals surface area contributed by atoms with Gasteiger partial charge in [-0.25, -0.2) is 8.78 Å². The fourth-order valence-electron chi connectivity index (χ4n) is 1.49. The van der Waals surface area contributed by atoms with Crippen molar-refractivity contribution in [3.63, 3.8) is 0 Å². The van der Waals surface area contributed by atoms with Gasteiger partial charge in [0.2, 0.25) is 0 Å². The lowest BCUT2D eigenvalue weighted by Crippen LogP contribution is -2.02. The van der Waals surface area contributed by atoms with Crippen LogP contribution in [0.1, 0.15) is 5.56 Å². The lowest BCUT2D eigenvalue weighted by molar-refractivity contribution is 0.574. The number of benzene rings is 2. The van der Waals surface area contributed by atoms with E-state index >= 15 is 0 Å². The van der Waals surface area contributed by atoms with Gasteiger partial charge < -0.3 is 5.32 Å². The van der Waals surface area contributed by atoms with Gasteiger partial charge in [-0.15, -0.1) is 0 Å². The van der Waals surface area contributed by atoms with Crippen molar-refractivity contribution in [2.45, 2.75) is 6.54 Å². The predicted octanol–water partition coefficient (Wildman–Crippen LogP) is 4.99. The van der Waals surface area contributed by atoms with Crippen LogP contribution in [0.2, 0.25) is 5.02 Å². The van der Waals surface area contributed by atoms with Gasteiger partial charge >= 0.3 is 0 Å². The van der Waals surface area contributed by atoms with Gasteiger partial charge in [0.05, 0.1) is 10.7 Å². The summed E-state index contributed by atoms with van der Waals surface area (Å²) in [4.78, 5) is 0. The van der Waals surface area contributed by atoms with Crippen LogP contribution in [-0.2, 0) is 6.54 Å². The van der Waals surface area contributed by atoms with Crippen LogP contribution in [0.5, 0.6) is 0 Å². The third-order valence-corrected chi connectivity index (χ3v) is 3.24. The Bertz CT molecular complexity index is 575. The Balaban J connectivity index is 2.13. The Morgan fingerprint density at radius 2 is 1.89 bits per heavy atom. The molecule has 0 spiro atoms. The van der Waals surface area contributed by atoms with E-state index in [-0.39, 0.29) is 6.54 Å². The summed E-state index contributed by atoms with van der Waals surface area (Å²) in [6.45, 7) is 0.238. The summed E-state index contributed by atoms with van der Waals surface area (Å²) in [6, 6.07) is 8.83. The number of anilines is 1. The van der Waals surface area contributed by atoms with Gasteiger partial charge in [0, 0.05) is 22.6 Å². The summed E-state index contributed by atoms with van der Waals surface area (Å²) >= 11 is 9.31. The van der Waals surface area contributed by atoms with Gasteiger partial charge in [-0.3, -0.25) is 0 Å². The highest BCUT2D eigenvalue weighted by atomic mass is 79.9. The molecule has 0 radical (unpaired) electrons. The molecule has 0 unspecified atom stereocenters. The fourth-order valence-corrected chi connectivity index (χ4v) is 2.03. The molecule has 5 heteroatoms. The minimum Gasteiger partial charge on any atom is -0.380 e. The SMILES string of the molecule is Fc1ccc(CNc2cc(Br)ccc2Cl)c(F)c1. The molecule has 0 amide bonds. The molecule has 0 fully saturated rings. The van der Waals surface area contributed by atoms with Crippen LogP contribution >= 0.6 is 27.5 Å². The van der Waals surface area contributed by atoms with Crippen LogP contribution in [0, 0.1) is 11.6 Å². The summed E-state index contributed by atoms with van der Waals surface area (Å²) in [5.41, 5.74) is 1.07. The average molecular weight is 333 g/mol. The minimum atomic E-state index is -0.586. The molecule has 0 saturated carbocycles. The van der Waals surface area contributed by atoms with Gasteiger partial charge in [0.1, 0.15) is 11.6 Å². The molecule has 2 aromatic rings. The molecule has 0 atom stereocenters. The van der Waals surface area contributed by atoms with Crippen LogP contribution in [0.3, 0.4) is 0 Å². The van der Waals surface area contributed by atoms with Gasteiger partial charge in [-0.1, -0.05) is 33.6 Å². The highest BCUT2D eigenvalue weighted by molar-refractivity contribution is 9.10. The first-order chi connectivity index (χ1) is 8.56. The Hall–Kier alpha value is -1.13. The van der Waals surface area contributed by atoms with Crippen LogP contribution in [0.25, 0.3) is 0 Å². The topological polar surface area (TPSA) is 12.0 Å². The fraction of sp³-hybridized carbons (Fsp3) is 0.0769. The van der Waals surface area contributed by atoms with E-state index in [4.69, 9.17) is 11.6 Å². The van der Waals surface area contributed by atoms with Crippen molar-refractivity contribution in [2.24, 2.45) is 0 Å². The standard InChI is InChI=1S/C13H9BrClF2N/c14-9-2-4-11(15)13(5-9)18-7-8-1-3-10(16)6-12(8)17/h1-6,18H,7H2. The third kappa shape index (κ3) is 3.21. The second-order valence-corrected chi connectivity index (χ2v) is 5.04. The lowest BCUT2D eigenvalue weighted by Gasteiger charge is -2.09. The number of nitrogens with one attached hydrogen (secondary N) is 1. The highest BCUT2D eigenvalue weighted by Crippen LogP contribution is 2.26. The molecule has 18 heavy (non-hydrogen) atoms. The number of halogens is 4. The second kappa shape index (κ2) is 5.67. The average Bonchev–Trinajstić information content (AvgIpc) is 2.32. The zero-order valence-corrected chi connectivity index (χ0v) is 11.5. The molecule has 2 aromatic carbocycles. The maximum absolute atomic E-state index is 13.4. The molecule has 1 nitrogen and oxygen atoms in total. The van der Waals surface area contributed by atoms with Gasteiger partial charge in [0.25, 0.3) is 0 Å². The molecule has 0 aliphatic carbocycles. The van der Waals surface area contributed by atoms with Crippen molar-refractivity contribution >= 4 is 33.2 Å². The first kappa shape index (κ1) is 13.3. The maximum atomic E-state index is 13.4. The molecule has 0 aliphatic heterocycles. The maximum Gasteiger partial charge on any atom is 0.131 e. The molecule has 0 heterocycles. The van der Waals surface area contributed by atoms with Crippen molar-refractivity contribution in [3.8, 4) is 0 Å². The van der Waals surface area contributed by atoms with Crippen LogP contribution in [-0.4, -0.2) is 0 Å². The molecule has 0 aliphatic rings. The summed E-state index contributed by atoms with van der Waals surface area (Å²) in [5.74, 6) is -1.16. The van der Waals surface area contributed by atoms with E-state index < -0.39 is 11.6 Å². The molecule has 1 N–H and O–H groups in total. The molecular weight excluding hydrogens is 324 g/mol. The van der Waals surface area contributed by atoms with Crippen molar-refractivity contribution in [3.05, 3.63) is 63.1 Å². The smallest absolute Gasteiger partial charge is 0.131 e. The zero-order chi connectivity index (χ0) is 13.1. The zero-order valence-electron chi connectivity index (χ0n) is 9.18. The first-order valence-electron chi connectivity index (χ1n) is 5.19. The van der Waals surface area contributed by atoms with E-state index in [2.05, 4.69) is 21.2 Å². The third-order valence-electron chi connectivity index (χ3n) is 2.41. The van der Waals surface area contributed by atoms with Crippen LogP contribution < -0.4 is 5.32 Å². The van der Waals surface area contributed by atoms with Crippen molar-refractivity contribution < 1.29 is 8.78 Å². The molecule has 94 valence electrons. The summed E-state index contributed by atoms with van der Waals surface area (Å²) in [6.07, 6.45) is 0. The monoisotopic (exact) mass is 331 g/mol. The highest BCUT2D eigenvalue weighted by Gasteiger charge is 2.05. The first-order valence-corrected chi connectivity index (χ1v) is 6.36. The lowest BCUT2D eigenvalue weighted by atomic mass is 10.2. The summed E-state index contributed by atoms with van der Waals surface area (Å²) in [7, 11) is 0. The largest absolute Gasteiger partial charge is 0.380 e. The summed E-state index contributed by atoms with van der Waals surface area (Å²) in [5, 5.41) is 3.55. The Kier molecular flexibility index (Phi) is 4.19. The van der Waals surface area contributed by atoms with Crippen molar-refractivity contribution in [1.29, 1.82) is 0 Å². The second-order valence-electron chi connectivity index (χ2n) is 3.71. The molecule has 0 aromatic heterocycles. The normalized spacial score (nSPS) is 10.4. The molecule has 0 bridgehead atoms. The quantitative estimate of drug-likeness (QED) is 0.834. The Morgan fingerprint density at radius 1 is 1.11 bits per heavy atom. The number of hydrogen-bond donors (Lipinski definition) is 1. The van der Waals surface area contributed by atoms with Crippen molar-refractivity contribution in [1.82, 2.24) is 0 Å². The summed E-state index contributed by atoms with van der Waals surface area (Å²) < 4.78 is 27.0. The molecule has 2 rings (SSSR count). The minimum absolute atomic E-state index is 0.238.